The Morgan fingerprint density at radius 2 is 1.12 bits per heavy atom. The number of Topliss-reactive ketones (excluding diaryl/α,β-unsaturated/α-hetero) is 1. The van der Waals surface area contributed by atoms with Crippen molar-refractivity contribution in [3.63, 3.8) is 0 Å². The van der Waals surface area contributed by atoms with Gasteiger partial charge in [0.2, 0.25) is 0 Å². The molecule has 0 saturated carbocycles. The van der Waals surface area contributed by atoms with E-state index >= 15 is 0 Å². The highest BCUT2D eigenvalue weighted by atomic mass is 16.3. The average Bonchev–Trinajstić information content (AvgIpc) is 2.68. The molecule has 1 aliphatic rings. The summed E-state index contributed by atoms with van der Waals surface area (Å²) >= 11 is 0. The number of rotatable bonds is 2. The Morgan fingerprint density at radius 1 is 0.640 bits per heavy atom. The Balaban J connectivity index is 2.02. The van der Waals surface area contributed by atoms with Crippen molar-refractivity contribution < 1.29 is 9.90 Å². The van der Waals surface area contributed by atoms with Crippen molar-refractivity contribution in [1.29, 1.82) is 0 Å². The van der Waals surface area contributed by atoms with Gasteiger partial charge < -0.3 is 5.11 Å². The van der Waals surface area contributed by atoms with E-state index in [0.29, 0.717) is 16.7 Å². The van der Waals surface area contributed by atoms with Gasteiger partial charge >= 0.3 is 0 Å². The third-order valence-corrected chi connectivity index (χ3v) is 4.37. The summed E-state index contributed by atoms with van der Waals surface area (Å²) in [7, 11) is 0. The first kappa shape index (κ1) is 15.2. The van der Waals surface area contributed by atoms with Crippen molar-refractivity contribution >= 4 is 17.1 Å². The molecule has 120 valence electrons. The minimum absolute atomic E-state index is 0.0730. The molecule has 0 fully saturated rings. The summed E-state index contributed by atoms with van der Waals surface area (Å²) in [4.78, 5) is 13.1. The van der Waals surface area contributed by atoms with Crippen LogP contribution in [0.25, 0.3) is 11.3 Å². The number of carbonyl (C=O) groups is 1. The van der Waals surface area contributed by atoms with Gasteiger partial charge in [-0.15, -0.1) is 0 Å². The SMILES string of the molecule is O=C1C(=C(c2ccccc2)c2ccccc2)C=C(O)c2ccccc21. The van der Waals surface area contributed by atoms with Crippen LogP contribution in [0.3, 0.4) is 0 Å². The van der Waals surface area contributed by atoms with E-state index in [1.54, 1.807) is 18.2 Å². The van der Waals surface area contributed by atoms with Gasteiger partial charge in [-0.3, -0.25) is 4.79 Å². The molecule has 2 nitrogen and oxygen atoms in total. The summed E-state index contributed by atoms with van der Waals surface area (Å²) in [5.74, 6) is 0.0469. The van der Waals surface area contributed by atoms with Gasteiger partial charge in [-0.25, -0.2) is 0 Å². The van der Waals surface area contributed by atoms with Gasteiger partial charge in [-0.05, 0) is 17.2 Å². The molecule has 0 heterocycles. The van der Waals surface area contributed by atoms with Gasteiger partial charge in [0.1, 0.15) is 5.76 Å². The Morgan fingerprint density at radius 3 is 1.68 bits per heavy atom. The Labute approximate surface area is 146 Å². The van der Waals surface area contributed by atoms with Crippen LogP contribution in [-0.2, 0) is 0 Å². The van der Waals surface area contributed by atoms with E-state index < -0.39 is 0 Å². The number of benzene rings is 3. The largest absolute Gasteiger partial charge is 0.507 e. The summed E-state index contributed by atoms with van der Waals surface area (Å²) in [5, 5.41) is 10.5. The minimum Gasteiger partial charge on any atom is -0.507 e. The fraction of sp³-hybridized carbons (Fsp3) is 0. The lowest BCUT2D eigenvalue weighted by Gasteiger charge is -2.19. The first-order valence-corrected chi connectivity index (χ1v) is 8.15. The molecule has 25 heavy (non-hydrogen) atoms. The highest BCUT2D eigenvalue weighted by Gasteiger charge is 2.26. The van der Waals surface area contributed by atoms with Crippen LogP contribution in [0.2, 0.25) is 0 Å². The molecular weight excluding hydrogens is 308 g/mol. The number of fused-ring (bicyclic) bond motifs is 1. The molecule has 0 bridgehead atoms. The molecule has 0 aromatic heterocycles. The van der Waals surface area contributed by atoms with Gasteiger partial charge in [-0.1, -0.05) is 84.9 Å². The number of ketones is 1. The number of aliphatic hydroxyl groups excluding tert-OH is 1. The molecular formula is C23H16O2. The third kappa shape index (κ3) is 2.68. The zero-order valence-corrected chi connectivity index (χ0v) is 13.5. The summed E-state index contributed by atoms with van der Waals surface area (Å²) in [6.45, 7) is 0. The van der Waals surface area contributed by atoms with E-state index in [0.717, 1.165) is 16.7 Å². The lowest BCUT2D eigenvalue weighted by Crippen LogP contribution is -2.13. The zero-order chi connectivity index (χ0) is 17.2. The molecule has 1 N–H and O–H groups in total. The van der Waals surface area contributed by atoms with Gasteiger partial charge in [0.15, 0.2) is 5.78 Å². The Bertz CT molecular complexity index is 955. The van der Waals surface area contributed by atoms with Gasteiger partial charge in [0, 0.05) is 22.3 Å². The van der Waals surface area contributed by atoms with E-state index in [1.165, 1.54) is 0 Å². The Kier molecular flexibility index (Phi) is 3.79. The molecule has 0 spiro atoms. The van der Waals surface area contributed by atoms with Crippen molar-refractivity contribution in [2.24, 2.45) is 0 Å². The second-order valence-corrected chi connectivity index (χ2v) is 5.93. The number of hydrogen-bond donors (Lipinski definition) is 1. The quantitative estimate of drug-likeness (QED) is 0.651. The van der Waals surface area contributed by atoms with E-state index in [1.807, 2.05) is 72.8 Å². The van der Waals surface area contributed by atoms with Crippen molar-refractivity contribution in [2.45, 2.75) is 0 Å². The molecule has 2 heteroatoms. The van der Waals surface area contributed by atoms with Gasteiger partial charge in [0.05, 0.1) is 0 Å². The molecule has 0 saturated heterocycles. The van der Waals surface area contributed by atoms with Crippen molar-refractivity contribution in [3.8, 4) is 0 Å². The van der Waals surface area contributed by atoms with E-state index in [2.05, 4.69) is 0 Å². The zero-order valence-electron chi connectivity index (χ0n) is 13.5. The fourth-order valence-electron chi connectivity index (χ4n) is 3.20. The summed E-state index contributed by atoms with van der Waals surface area (Å²) in [5.41, 5.74) is 4.33. The standard InChI is InChI=1S/C23H16O2/c24-21-15-20(23(25)19-14-8-7-13-18(19)21)22(16-9-3-1-4-10-16)17-11-5-2-6-12-17/h1-15,24H. The second-order valence-electron chi connectivity index (χ2n) is 5.93. The van der Waals surface area contributed by atoms with Crippen LogP contribution in [0.15, 0.2) is 96.6 Å². The first-order chi connectivity index (χ1) is 12.3. The normalized spacial score (nSPS) is 13.2. The highest BCUT2D eigenvalue weighted by Crippen LogP contribution is 2.35. The monoisotopic (exact) mass is 324 g/mol. The maximum absolute atomic E-state index is 13.1. The van der Waals surface area contributed by atoms with Crippen LogP contribution in [0, 0.1) is 0 Å². The molecule has 3 aromatic carbocycles. The minimum atomic E-state index is -0.0730. The highest BCUT2D eigenvalue weighted by molar-refractivity contribution is 6.21. The predicted molar refractivity (Wildman–Crippen MR) is 100 cm³/mol. The molecule has 0 aliphatic heterocycles. The van der Waals surface area contributed by atoms with Crippen LogP contribution in [0.4, 0.5) is 0 Å². The van der Waals surface area contributed by atoms with E-state index in [-0.39, 0.29) is 11.5 Å². The first-order valence-electron chi connectivity index (χ1n) is 8.15. The third-order valence-electron chi connectivity index (χ3n) is 4.37. The smallest absolute Gasteiger partial charge is 0.194 e. The van der Waals surface area contributed by atoms with E-state index in [9.17, 15) is 9.90 Å². The van der Waals surface area contributed by atoms with Gasteiger partial charge in [-0.2, -0.15) is 0 Å². The molecule has 3 aromatic rings. The maximum Gasteiger partial charge on any atom is 0.194 e. The predicted octanol–water partition coefficient (Wildman–Crippen LogP) is 5.28. The molecule has 0 atom stereocenters. The summed E-state index contributed by atoms with van der Waals surface area (Å²) in [6.07, 6.45) is 1.58. The van der Waals surface area contributed by atoms with Crippen molar-refractivity contribution in [2.75, 3.05) is 0 Å². The molecule has 0 radical (unpaired) electrons. The van der Waals surface area contributed by atoms with Crippen LogP contribution < -0.4 is 0 Å². The molecule has 1 aliphatic carbocycles. The van der Waals surface area contributed by atoms with Crippen LogP contribution in [-0.4, -0.2) is 10.9 Å². The topological polar surface area (TPSA) is 37.3 Å². The summed E-state index contributed by atoms with van der Waals surface area (Å²) in [6, 6.07) is 26.8. The van der Waals surface area contributed by atoms with Crippen LogP contribution in [0.1, 0.15) is 27.0 Å². The maximum atomic E-state index is 13.1. The fourth-order valence-corrected chi connectivity index (χ4v) is 3.20. The molecule has 0 amide bonds. The van der Waals surface area contributed by atoms with Gasteiger partial charge in [0.25, 0.3) is 0 Å². The Hall–Kier alpha value is -3.39. The summed E-state index contributed by atoms with van der Waals surface area (Å²) < 4.78 is 0. The number of carbonyl (C=O) groups excluding carboxylic acids is 1. The van der Waals surface area contributed by atoms with Crippen molar-refractivity contribution in [3.05, 3.63) is 119 Å². The van der Waals surface area contributed by atoms with Crippen molar-refractivity contribution in [1.82, 2.24) is 0 Å². The van der Waals surface area contributed by atoms with E-state index in [4.69, 9.17) is 0 Å². The number of hydrogen-bond acceptors (Lipinski definition) is 2. The number of aliphatic hydroxyl groups is 1. The molecule has 0 unspecified atom stereocenters. The second kappa shape index (κ2) is 6.25. The van der Waals surface area contributed by atoms with Crippen LogP contribution in [0.5, 0.6) is 0 Å². The van der Waals surface area contributed by atoms with Crippen LogP contribution >= 0.6 is 0 Å². The molecule has 4 rings (SSSR count). The number of allylic oxidation sites excluding steroid dienone is 2. The lowest BCUT2D eigenvalue weighted by molar-refractivity contribution is 0.103. The lowest BCUT2D eigenvalue weighted by atomic mass is 9.84. The average molecular weight is 324 g/mol.